The summed E-state index contributed by atoms with van der Waals surface area (Å²) in [6.07, 6.45) is 2.79. The Bertz CT molecular complexity index is 1160. The van der Waals surface area contributed by atoms with E-state index in [2.05, 4.69) is 0 Å². The number of carbonyl (C=O) groups excluding carboxylic acids is 2. The van der Waals surface area contributed by atoms with E-state index in [4.69, 9.17) is 0 Å². The first-order valence-electron chi connectivity index (χ1n) is 10.3. The van der Waals surface area contributed by atoms with Crippen molar-refractivity contribution in [3.05, 3.63) is 54.1 Å². The number of rotatable bonds is 3. The monoisotopic (exact) mass is 457 g/mol. The minimum atomic E-state index is -3.56. The van der Waals surface area contributed by atoms with E-state index in [-0.39, 0.29) is 22.5 Å². The molecular weight excluding hydrogens is 434 g/mol. The lowest BCUT2D eigenvalue weighted by Crippen LogP contribution is -2.49. The summed E-state index contributed by atoms with van der Waals surface area (Å²) in [4.78, 5) is 28.5. The van der Waals surface area contributed by atoms with Gasteiger partial charge in [-0.1, -0.05) is 24.6 Å². The maximum atomic E-state index is 13.4. The van der Waals surface area contributed by atoms with Gasteiger partial charge in [0, 0.05) is 31.4 Å². The second-order valence-electron chi connectivity index (χ2n) is 8.00. The number of thioether (sulfide) groups is 1. The highest BCUT2D eigenvalue weighted by atomic mass is 32.2. The molecule has 2 amide bonds. The minimum Gasteiger partial charge on any atom is -0.312 e. The van der Waals surface area contributed by atoms with E-state index in [1.165, 1.54) is 33.1 Å². The van der Waals surface area contributed by atoms with Gasteiger partial charge in [0.2, 0.25) is 20.8 Å². The standard InChI is InChI=1S/C22H23N3O4S2/c1-23-19-8-4-3-7-18(19)22(21(23)27)25(20(26)15-30-22)16-9-11-17(12-10-16)31(28,29)24-13-5-2-6-14-24/h3-4,7-12H,2,5-6,13-15H2,1H3. The summed E-state index contributed by atoms with van der Waals surface area (Å²) in [5.74, 6) is -0.161. The highest BCUT2D eigenvalue weighted by Gasteiger charge is 2.60. The van der Waals surface area contributed by atoms with Gasteiger partial charge in [-0.25, -0.2) is 8.42 Å². The highest BCUT2D eigenvalue weighted by Crippen LogP contribution is 2.55. The normalized spacial score (nSPS) is 24.3. The smallest absolute Gasteiger partial charge is 0.268 e. The molecule has 31 heavy (non-hydrogen) atoms. The molecule has 0 radical (unpaired) electrons. The van der Waals surface area contributed by atoms with Crippen LogP contribution in [0, 0.1) is 0 Å². The van der Waals surface area contributed by atoms with Crippen LogP contribution in [0.3, 0.4) is 0 Å². The molecule has 1 spiro atoms. The number of carbonyl (C=O) groups is 2. The molecule has 2 saturated heterocycles. The molecule has 3 heterocycles. The zero-order valence-corrected chi connectivity index (χ0v) is 18.8. The van der Waals surface area contributed by atoms with Crippen molar-refractivity contribution in [1.29, 1.82) is 0 Å². The number of likely N-dealkylation sites (N-methyl/N-ethyl adjacent to an activating group) is 1. The average Bonchev–Trinajstić information content (AvgIpc) is 3.25. The van der Waals surface area contributed by atoms with Crippen LogP contribution in [0.5, 0.6) is 0 Å². The van der Waals surface area contributed by atoms with E-state index in [1.807, 2.05) is 24.3 Å². The van der Waals surface area contributed by atoms with Gasteiger partial charge >= 0.3 is 0 Å². The van der Waals surface area contributed by atoms with Gasteiger partial charge in [-0.05, 0) is 43.2 Å². The number of piperidine rings is 1. The number of fused-ring (bicyclic) bond motifs is 2. The van der Waals surface area contributed by atoms with E-state index >= 15 is 0 Å². The molecule has 1 atom stereocenters. The van der Waals surface area contributed by atoms with Crippen LogP contribution >= 0.6 is 11.8 Å². The largest absolute Gasteiger partial charge is 0.312 e. The van der Waals surface area contributed by atoms with Gasteiger partial charge in [0.05, 0.1) is 16.3 Å². The van der Waals surface area contributed by atoms with E-state index in [9.17, 15) is 18.0 Å². The number of amides is 2. The van der Waals surface area contributed by atoms with Crippen molar-refractivity contribution >= 4 is 45.0 Å². The summed E-state index contributed by atoms with van der Waals surface area (Å²) >= 11 is 1.31. The minimum absolute atomic E-state index is 0.171. The molecule has 3 aliphatic heterocycles. The molecule has 2 aromatic rings. The Morgan fingerprint density at radius 1 is 0.935 bits per heavy atom. The first-order chi connectivity index (χ1) is 14.9. The van der Waals surface area contributed by atoms with E-state index in [0.717, 1.165) is 30.5 Å². The van der Waals surface area contributed by atoms with Gasteiger partial charge in [0.25, 0.3) is 5.91 Å². The van der Waals surface area contributed by atoms with Crippen LogP contribution in [0.4, 0.5) is 11.4 Å². The Morgan fingerprint density at radius 3 is 2.32 bits per heavy atom. The van der Waals surface area contributed by atoms with Crippen LogP contribution in [0.25, 0.3) is 0 Å². The lowest BCUT2D eigenvalue weighted by atomic mass is 10.0. The fourth-order valence-corrected chi connectivity index (χ4v) is 7.58. The molecule has 3 aliphatic rings. The van der Waals surface area contributed by atoms with Crippen molar-refractivity contribution in [3.63, 3.8) is 0 Å². The van der Waals surface area contributed by atoms with Crippen molar-refractivity contribution in [2.75, 3.05) is 35.7 Å². The number of para-hydroxylation sites is 1. The average molecular weight is 458 g/mol. The molecule has 2 fully saturated rings. The predicted molar refractivity (Wildman–Crippen MR) is 121 cm³/mol. The molecule has 0 aromatic heterocycles. The van der Waals surface area contributed by atoms with E-state index < -0.39 is 14.9 Å². The second kappa shape index (κ2) is 7.36. The number of nitrogens with zero attached hydrogens (tertiary/aromatic N) is 3. The van der Waals surface area contributed by atoms with Crippen molar-refractivity contribution in [2.24, 2.45) is 0 Å². The third-order valence-corrected chi connectivity index (χ3v) is 9.54. The van der Waals surface area contributed by atoms with Crippen LogP contribution in [0.1, 0.15) is 24.8 Å². The zero-order chi connectivity index (χ0) is 21.8. The molecular formula is C22H23N3O4S2. The lowest BCUT2D eigenvalue weighted by molar-refractivity contribution is -0.123. The van der Waals surface area contributed by atoms with E-state index in [1.54, 1.807) is 24.1 Å². The quantitative estimate of drug-likeness (QED) is 0.708. The predicted octanol–water partition coefficient (Wildman–Crippen LogP) is 2.77. The van der Waals surface area contributed by atoms with Crippen LogP contribution in [0.2, 0.25) is 0 Å². The Hall–Kier alpha value is -2.36. The van der Waals surface area contributed by atoms with Crippen molar-refractivity contribution in [3.8, 4) is 0 Å². The lowest BCUT2D eigenvalue weighted by Gasteiger charge is -2.33. The Balaban J connectivity index is 1.54. The number of hydrogen-bond acceptors (Lipinski definition) is 5. The molecule has 0 aliphatic carbocycles. The van der Waals surface area contributed by atoms with Crippen LogP contribution in [0.15, 0.2) is 53.4 Å². The van der Waals surface area contributed by atoms with Crippen LogP contribution < -0.4 is 9.80 Å². The van der Waals surface area contributed by atoms with Gasteiger partial charge in [-0.3, -0.25) is 14.5 Å². The molecule has 1 unspecified atom stereocenters. The van der Waals surface area contributed by atoms with Gasteiger partial charge in [0.15, 0.2) is 0 Å². The van der Waals surface area contributed by atoms with Crippen LogP contribution in [-0.2, 0) is 24.5 Å². The molecule has 0 saturated carbocycles. The Labute approximate surface area is 186 Å². The highest BCUT2D eigenvalue weighted by molar-refractivity contribution is 8.02. The molecule has 0 N–H and O–H groups in total. The first-order valence-corrected chi connectivity index (χ1v) is 12.7. The molecule has 5 rings (SSSR count). The summed E-state index contributed by atoms with van der Waals surface area (Å²) in [5.41, 5.74) is 2.08. The Morgan fingerprint density at radius 2 is 1.61 bits per heavy atom. The Kier molecular flexibility index (Phi) is 4.87. The third-order valence-electron chi connectivity index (χ3n) is 6.24. The summed E-state index contributed by atoms with van der Waals surface area (Å²) in [6.45, 7) is 1.07. The summed E-state index contributed by atoms with van der Waals surface area (Å²) in [5, 5.41) is 0. The van der Waals surface area contributed by atoms with Gasteiger partial charge in [-0.2, -0.15) is 4.31 Å². The van der Waals surface area contributed by atoms with Gasteiger partial charge < -0.3 is 4.90 Å². The van der Waals surface area contributed by atoms with Crippen molar-refractivity contribution in [1.82, 2.24) is 4.31 Å². The van der Waals surface area contributed by atoms with Crippen molar-refractivity contribution in [2.45, 2.75) is 29.0 Å². The second-order valence-corrected chi connectivity index (χ2v) is 11.1. The van der Waals surface area contributed by atoms with Gasteiger partial charge in [-0.15, -0.1) is 11.8 Å². The van der Waals surface area contributed by atoms with Crippen molar-refractivity contribution < 1.29 is 18.0 Å². The maximum Gasteiger partial charge on any atom is 0.268 e. The molecule has 7 nitrogen and oxygen atoms in total. The molecule has 162 valence electrons. The molecule has 0 bridgehead atoms. The van der Waals surface area contributed by atoms with Gasteiger partial charge in [0.1, 0.15) is 0 Å². The number of sulfonamides is 1. The summed E-state index contributed by atoms with van der Waals surface area (Å²) < 4.78 is 27.5. The van der Waals surface area contributed by atoms with E-state index in [0.29, 0.717) is 18.8 Å². The topological polar surface area (TPSA) is 78.0 Å². The first kappa shape index (κ1) is 20.5. The number of anilines is 2. The summed E-state index contributed by atoms with van der Waals surface area (Å²) in [6, 6.07) is 13.8. The van der Waals surface area contributed by atoms with Crippen LogP contribution in [-0.4, -0.2) is 50.4 Å². The summed E-state index contributed by atoms with van der Waals surface area (Å²) in [7, 11) is -1.85. The fraction of sp³-hybridized carbons (Fsp3) is 0.364. The number of hydrogen-bond donors (Lipinski definition) is 0. The fourth-order valence-electron chi connectivity index (χ4n) is 4.68. The number of benzene rings is 2. The molecule has 9 heteroatoms. The molecule has 2 aromatic carbocycles. The SMILES string of the molecule is CN1C(=O)C2(SCC(=O)N2c2ccc(S(=O)(=O)N3CCCCC3)cc2)c2ccccc21. The third kappa shape index (κ3) is 2.94. The maximum absolute atomic E-state index is 13.4. The zero-order valence-electron chi connectivity index (χ0n) is 17.2.